The highest BCUT2D eigenvalue weighted by Gasteiger charge is 2.20. The fourth-order valence-electron chi connectivity index (χ4n) is 1.79. The number of hydrogen-bond donors (Lipinski definition) is 2. The average Bonchev–Trinajstić information content (AvgIpc) is 2.31. The van der Waals surface area contributed by atoms with E-state index in [4.69, 9.17) is 5.73 Å². The molecule has 0 spiro atoms. The van der Waals surface area contributed by atoms with Gasteiger partial charge in [-0.15, -0.1) is 0 Å². The van der Waals surface area contributed by atoms with Crippen LogP contribution in [0.15, 0.2) is 16.6 Å². The van der Waals surface area contributed by atoms with Gasteiger partial charge in [0.1, 0.15) is 0 Å². The van der Waals surface area contributed by atoms with Gasteiger partial charge in [-0.05, 0) is 52.9 Å². The second-order valence-corrected chi connectivity index (χ2v) is 5.69. The first-order valence-electron chi connectivity index (χ1n) is 6.20. The van der Waals surface area contributed by atoms with Crippen molar-refractivity contribution in [1.82, 2.24) is 0 Å². The SMILES string of the molecule is CCC(C)[C@H](N)C(=O)Nc1c(C)cc(C)cc1Br. The molecular formula is C14H21BrN2O. The maximum atomic E-state index is 12.0. The van der Waals surface area contributed by atoms with Crippen LogP contribution in [0.25, 0.3) is 0 Å². The van der Waals surface area contributed by atoms with Crippen LogP contribution in [-0.2, 0) is 4.79 Å². The highest BCUT2D eigenvalue weighted by molar-refractivity contribution is 9.10. The summed E-state index contributed by atoms with van der Waals surface area (Å²) in [5.74, 6) is 0.0477. The van der Waals surface area contributed by atoms with Crippen LogP contribution in [0.1, 0.15) is 31.4 Å². The van der Waals surface area contributed by atoms with Gasteiger partial charge in [0.05, 0.1) is 11.7 Å². The minimum atomic E-state index is -0.470. The van der Waals surface area contributed by atoms with Gasteiger partial charge >= 0.3 is 0 Å². The molecule has 0 fully saturated rings. The maximum Gasteiger partial charge on any atom is 0.241 e. The number of carbonyl (C=O) groups is 1. The molecule has 0 radical (unpaired) electrons. The Bertz CT molecular complexity index is 422. The van der Waals surface area contributed by atoms with E-state index in [0.29, 0.717) is 0 Å². The van der Waals surface area contributed by atoms with Crippen LogP contribution in [0.2, 0.25) is 0 Å². The number of amides is 1. The monoisotopic (exact) mass is 312 g/mol. The van der Waals surface area contributed by atoms with Gasteiger partial charge in [0.2, 0.25) is 5.91 Å². The molecule has 0 heterocycles. The molecule has 0 aliphatic heterocycles. The molecule has 1 amide bonds. The van der Waals surface area contributed by atoms with Crippen LogP contribution < -0.4 is 11.1 Å². The highest BCUT2D eigenvalue weighted by Crippen LogP contribution is 2.28. The Morgan fingerprint density at radius 2 is 2.06 bits per heavy atom. The highest BCUT2D eigenvalue weighted by atomic mass is 79.9. The largest absolute Gasteiger partial charge is 0.323 e. The van der Waals surface area contributed by atoms with Gasteiger partial charge in [-0.3, -0.25) is 4.79 Å². The van der Waals surface area contributed by atoms with Crippen molar-refractivity contribution in [2.45, 2.75) is 40.2 Å². The second-order valence-electron chi connectivity index (χ2n) is 4.84. The Kier molecular flexibility index (Phi) is 5.35. The molecule has 0 bridgehead atoms. The Balaban J connectivity index is 2.89. The van der Waals surface area contributed by atoms with Crippen LogP contribution >= 0.6 is 15.9 Å². The molecule has 4 heteroatoms. The van der Waals surface area contributed by atoms with E-state index < -0.39 is 6.04 Å². The molecule has 0 saturated carbocycles. The number of nitrogens with one attached hydrogen (secondary N) is 1. The fraction of sp³-hybridized carbons (Fsp3) is 0.500. The first-order chi connectivity index (χ1) is 8.36. The summed E-state index contributed by atoms with van der Waals surface area (Å²) in [6.45, 7) is 8.02. The summed E-state index contributed by atoms with van der Waals surface area (Å²) < 4.78 is 0.893. The summed E-state index contributed by atoms with van der Waals surface area (Å²) in [5, 5.41) is 2.91. The van der Waals surface area contributed by atoms with Gasteiger partial charge in [0.25, 0.3) is 0 Å². The molecule has 0 aliphatic carbocycles. The van der Waals surface area contributed by atoms with Crippen LogP contribution in [0.5, 0.6) is 0 Å². The summed E-state index contributed by atoms with van der Waals surface area (Å²) in [6, 6.07) is 3.55. The summed E-state index contributed by atoms with van der Waals surface area (Å²) in [4.78, 5) is 12.0. The number of anilines is 1. The third-order valence-electron chi connectivity index (χ3n) is 3.24. The van der Waals surface area contributed by atoms with Crippen molar-refractivity contribution in [3.05, 3.63) is 27.7 Å². The van der Waals surface area contributed by atoms with Gasteiger partial charge < -0.3 is 11.1 Å². The smallest absolute Gasteiger partial charge is 0.241 e. The molecule has 18 heavy (non-hydrogen) atoms. The van der Waals surface area contributed by atoms with Gasteiger partial charge in [-0.25, -0.2) is 0 Å². The second kappa shape index (κ2) is 6.34. The Morgan fingerprint density at radius 3 is 2.56 bits per heavy atom. The fourth-order valence-corrected chi connectivity index (χ4v) is 2.57. The van der Waals surface area contributed by atoms with Crippen molar-refractivity contribution in [2.24, 2.45) is 11.7 Å². The summed E-state index contributed by atoms with van der Waals surface area (Å²) >= 11 is 3.47. The first-order valence-corrected chi connectivity index (χ1v) is 6.99. The van der Waals surface area contributed by atoms with E-state index in [2.05, 4.69) is 21.2 Å². The van der Waals surface area contributed by atoms with Gasteiger partial charge in [0, 0.05) is 4.47 Å². The molecule has 0 aromatic heterocycles. The Labute approximate surface area is 117 Å². The number of benzene rings is 1. The van der Waals surface area contributed by atoms with E-state index in [1.807, 2.05) is 39.8 Å². The lowest BCUT2D eigenvalue weighted by Gasteiger charge is -2.19. The minimum absolute atomic E-state index is 0.128. The molecule has 1 aromatic carbocycles. The van der Waals surface area contributed by atoms with E-state index in [9.17, 15) is 4.79 Å². The lowest BCUT2D eigenvalue weighted by molar-refractivity contribution is -0.118. The molecule has 1 unspecified atom stereocenters. The van der Waals surface area contributed by atoms with Crippen LogP contribution in [0.3, 0.4) is 0 Å². The lowest BCUT2D eigenvalue weighted by Crippen LogP contribution is -2.40. The Morgan fingerprint density at radius 1 is 1.44 bits per heavy atom. The quantitative estimate of drug-likeness (QED) is 0.895. The minimum Gasteiger partial charge on any atom is -0.323 e. The molecule has 100 valence electrons. The van der Waals surface area contributed by atoms with E-state index in [1.165, 1.54) is 0 Å². The normalized spacial score (nSPS) is 14.1. The summed E-state index contributed by atoms with van der Waals surface area (Å²) in [6.07, 6.45) is 0.892. The molecular weight excluding hydrogens is 292 g/mol. The van der Waals surface area contributed by atoms with Crippen molar-refractivity contribution < 1.29 is 4.79 Å². The number of rotatable bonds is 4. The van der Waals surface area contributed by atoms with Crippen molar-refractivity contribution >= 4 is 27.5 Å². The average molecular weight is 313 g/mol. The van der Waals surface area contributed by atoms with E-state index in [0.717, 1.165) is 27.7 Å². The molecule has 0 aliphatic rings. The number of carbonyl (C=O) groups excluding carboxylic acids is 1. The lowest BCUT2D eigenvalue weighted by atomic mass is 9.99. The van der Waals surface area contributed by atoms with E-state index in [1.54, 1.807) is 0 Å². The van der Waals surface area contributed by atoms with E-state index >= 15 is 0 Å². The molecule has 0 saturated heterocycles. The van der Waals surface area contributed by atoms with Crippen LogP contribution in [0.4, 0.5) is 5.69 Å². The topological polar surface area (TPSA) is 55.1 Å². The van der Waals surface area contributed by atoms with Gasteiger partial charge in [-0.1, -0.05) is 26.3 Å². The summed E-state index contributed by atoms with van der Waals surface area (Å²) in [7, 11) is 0. The van der Waals surface area contributed by atoms with Gasteiger partial charge in [0.15, 0.2) is 0 Å². The van der Waals surface area contributed by atoms with Crippen molar-refractivity contribution in [1.29, 1.82) is 0 Å². The first kappa shape index (κ1) is 15.2. The van der Waals surface area contributed by atoms with Crippen molar-refractivity contribution in [2.75, 3.05) is 5.32 Å². The summed E-state index contributed by atoms with van der Waals surface area (Å²) in [5.41, 5.74) is 8.92. The maximum absolute atomic E-state index is 12.0. The van der Waals surface area contributed by atoms with Crippen LogP contribution in [0, 0.1) is 19.8 Å². The standard InChI is InChI=1S/C14H21BrN2O/c1-5-9(3)12(16)14(18)17-13-10(4)6-8(2)7-11(13)15/h6-7,9,12H,5,16H2,1-4H3,(H,17,18)/t9?,12-/m0/s1. The zero-order valence-electron chi connectivity index (χ0n) is 11.4. The predicted octanol–water partition coefficient (Wildman–Crippen LogP) is 3.38. The molecule has 3 nitrogen and oxygen atoms in total. The molecule has 2 atom stereocenters. The molecule has 1 rings (SSSR count). The third-order valence-corrected chi connectivity index (χ3v) is 3.87. The van der Waals surface area contributed by atoms with Crippen molar-refractivity contribution in [3.8, 4) is 0 Å². The number of halogens is 1. The van der Waals surface area contributed by atoms with Crippen LogP contribution in [-0.4, -0.2) is 11.9 Å². The van der Waals surface area contributed by atoms with Gasteiger partial charge in [-0.2, -0.15) is 0 Å². The van der Waals surface area contributed by atoms with E-state index in [-0.39, 0.29) is 11.8 Å². The van der Waals surface area contributed by atoms with Crippen molar-refractivity contribution in [3.63, 3.8) is 0 Å². The third kappa shape index (κ3) is 3.56. The zero-order valence-corrected chi connectivity index (χ0v) is 13.0. The zero-order chi connectivity index (χ0) is 13.9. The number of nitrogens with two attached hydrogens (primary N) is 1. The number of aryl methyl sites for hydroxylation is 2. The molecule has 3 N–H and O–H groups in total. The predicted molar refractivity (Wildman–Crippen MR) is 79.7 cm³/mol. The molecule has 1 aromatic rings. The Hall–Kier alpha value is -0.870. The number of hydrogen-bond acceptors (Lipinski definition) is 2.